The Hall–Kier alpha value is -5.38. The van der Waals surface area contributed by atoms with Crippen molar-refractivity contribution in [2.75, 3.05) is 70.8 Å². The third kappa shape index (κ3) is 9.16. The van der Waals surface area contributed by atoms with Crippen molar-refractivity contribution >= 4 is 46.7 Å². The molecule has 0 aliphatic carbocycles. The number of piperidine rings is 2. The number of para-hydroxylation sites is 1. The lowest BCUT2D eigenvalue weighted by Crippen LogP contribution is -2.56. The summed E-state index contributed by atoms with van der Waals surface area (Å²) in [4.78, 5) is 87.5. The molecule has 0 saturated carbocycles. The molecule has 16 nitrogen and oxygen atoms in total. The Balaban J connectivity index is 0.966. The number of benzene rings is 2. The molecular formula is C42H55N7O9. The molecule has 16 heteroatoms. The Morgan fingerprint density at radius 3 is 2.26 bits per heavy atom. The molecule has 0 unspecified atom stereocenters. The van der Waals surface area contributed by atoms with E-state index in [0.29, 0.717) is 95.0 Å². The largest absolute Gasteiger partial charge is 0.466 e. The number of oxazole rings is 1. The molecule has 3 saturated heterocycles. The van der Waals surface area contributed by atoms with Crippen LogP contribution < -0.4 is 11.1 Å². The van der Waals surface area contributed by atoms with Gasteiger partial charge in [0.05, 0.1) is 18.5 Å². The number of nitrogens with zero attached hydrogens (tertiary/aromatic N) is 6. The highest BCUT2D eigenvalue weighted by molar-refractivity contribution is 5.91. The molecule has 1 N–H and O–H groups in total. The highest BCUT2D eigenvalue weighted by atomic mass is 16.6. The lowest BCUT2D eigenvalue weighted by Gasteiger charge is -2.43. The number of nitrogens with one attached hydrogen (secondary N) is 1. The van der Waals surface area contributed by atoms with E-state index in [1.54, 1.807) is 34.7 Å². The van der Waals surface area contributed by atoms with Gasteiger partial charge < -0.3 is 38.8 Å². The molecule has 0 radical (unpaired) electrons. The highest BCUT2D eigenvalue weighted by Crippen LogP contribution is 2.27. The normalized spacial score (nSPS) is 19.1. The van der Waals surface area contributed by atoms with Crippen LogP contribution in [0.4, 0.5) is 15.3 Å². The van der Waals surface area contributed by atoms with Crippen LogP contribution in [0.3, 0.4) is 0 Å². The molecule has 5 heterocycles. The fraction of sp³-hybridized carbons (Fsp3) is 0.571. The Labute approximate surface area is 337 Å². The van der Waals surface area contributed by atoms with Gasteiger partial charge in [0.25, 0.3) is 5.91 Å². The molecule has 4 aliphatic rings. The molecule has 3 fully saturated rings. The minimum Gasteiger partial charge on any atom is -0.466 e. The minimum atomic E-state index is -1.10. The molecule has 3 aromatic rings. The number of carbonyl (C=O) groups excluding carboxylic acids is 5. The van der Waals surface area contributed by atoms with Crippen LogP contribution in [0.1, 0.15) is 62.1 Å². The molecular weight excluding hydrogens is 747 g/mol. The molecule has 1 aromatic heterocycles. The van der Waals surface area contributed by atoms with Gasteiger partial charge in [0.1, 0.15) is 0 Å². The second-order valence-electron chi connectivity index (χ2n) is 15.8. The number of hydrogen-bond donors (Lipinski definition) is 1. The zero-order valence-corrected chi connectivity index (χ0v) is 33.8. The zero-order chi connectivity index (χ0) is 40.9. The number of hydrogen-bond acceptors (Lipinski definition) is 10. The van der Waals surface area contributed by atoms with Crippen molar-refractivity contribution in [1.82, 2.24) is 29.1 Å². The Bertz CT molecular complexity index is 2060. The van der Waals surface area contributed by atoms with Gasteiger partial charge in [0.15, 0.2) is 11.7 Å². The summed E-state index contributed by atoms with van der Waals surface area (Å²) in [5.74, 6) is -1.16. The standard InChI is InChI=1S/C42H55N7O9/c1-4-56-37(51)10-9-36(50)46-23-21-45(22-24-46)31-12-16-47(17-13-31)39(52)35(27-29-25-28(2)38-34(26-29)57-41(54)44(38)3)58-42(55)48-18-14-32(15-19-48)49-20-11-30-7-5-6-8-33(30)43-40(49)53/h5-8,25-26,31-32,35H,4,9-24,27H2,1-3H3,(H,43,53)/t35-/m1/s1. The lowest BCUT2D eigenvalue weighted by molar-refractivity contribution is -0.146. The van der Waals surface area contributed by atoms with Gasteiger partial charge in [-0.05, 0) is 74.8 Å². The molecule has 1 atom stereocenters. The third-order valence-corrected chi connectivity index (χ3v) is 12.2. The second-order valence-corrected chi connectivity index (χ2v) is 15.8. The Morgan fingerprint density at radius 1 is 0.845 bits per heavy atom. The smallest absolute Gasteiger partial charge is 0.419 e. The van der Waals surface area contributed by atoms with E-state index in [1.807, 2.05) is 42.2 Å². The number of fused-ring (bicyclic) bond motifs is 2. The predicted octanol–water partition coefficient (Wildman–Crippen LogP) is 3.52. The summed E-state index contributed by atoms with van der Waals surface area (Å²) >= 11 is 0. The number of amides is 5. The monoisotopic (exact) mass is 801 g/mol. The predicted molar refractivity (Wildman–Crippen MR) is 214 cm³/mol. The summed E-state index contributed by atoms with van der Waals surface area (Å²) in [5, 5.41) is 3.04. The van der Waals surface area contributed by atoms with Crippen LogP contribution in [0, 0.1) is 6.92 Å². The first-order valence-corrected chi connectivity index (χ1v) is 20.7. The van der Waals surface area contributed by atoms with E-state index in [2.05, 4.69) is 10.2 Å². The maximum absolute atomic E-state index is 14.3. The number of rotatable bonds is 10. The average Bonchev–Trinajstić information content (AvgIpc) is 3.41. The summed E-state index contributed by atoms with van der Waals surface area (Å²) in [6, 6.07) is 11.5. The average molecular weight is 802 g/mol. The van der Waals surface area contributed by atoms with E-state index in [-0.39, 0.29) is 55.2 Å². The third-order valence-electron chi connectivity index (χ3n) is 12.2. The van der Waals surface area contributed by atoms with Crippen LogP contribution >= 0.6 is 0 Å². The first kappa shape index (κ1) is 40.8. The molecule has 7 rings (SSSR count). The van der Waals surface area contributed by atoms with Crippen molar-refractivity contribution in [2.24, 2.45) is 7.05 Å². The fourth-order valence-electron chi connectivity index (χ4n) is 8.98. The van der Waals surface area contributed by atoms with Crippen LogP contribution in [-0.2, 0) is 43.7 Å². The minimum absolute atomic E-state index is 0.0351. The lowest BCUT2D eigenvalue weighted by atomic mass is 9.99. The van der Waals surface area contributed by atoms with Gasteiger partial charge in [-0.15, -0.1) is 0 Å². The summed E-state index contributed by atoms with van der Waals surface area (Å²) in [6.07, 6.45) is 2.06. The van der Waals surface area contributed by atoms with E-state index >= 15 is 0 Å². The number of anilines is 1. The quantitative estimate of drug-likeness (QED) is 0.300. The van der Waals surface area contributed by atoms with Crippen LogP contribution in [0.15, 0.2) is 45.6 Å². The van der Waals surface area contributed by atoms with Gasteiger partial charge in [-0.1, -0.05) is 24.3 Å². The maximum Gasteiger partial charge on any atom is 0.419 e. The van der Waals surface area contributed by atoms with E-state index in [1.165, 1.54) is 4.57 Å². The summed E-state index contributed by atoms with van der Waals surface area (Å²) in [7, 11) is 1.65. The Kier molecular flexibility index (Phi) is 12.7. The molecule has 312 valence electrons. The number of carbonyl (C=O) groups is 5. The number of urea groups is 1. The highest BCUT2D eigenvalue weighted by Gasteiger charge is 2.37. The van der Waals surface area contributed by atoms with Crippen LogP contribution in [0.25, 0.3) is 11.1 Å². The van der Waals surface area contributed by atoms with Gasteiger partial charge in [0, 0.05) is 96.6 Å². The molecule has 58 heavy (non-hydrogen) atoms. The van der Waals surface area contributed by atoms with E-state index in [0.717, 1.165) is 36.1 Å². The SMILES string of the molecule is CCOC(=O)CCC(=O)N1CCN(C2CCN(C(=O)[C@@H](Cc3cc(C)c4c(c3)oc(=O)n4C)OC(=O)N3CCC(N4CCc5ccccc5NC4=O)CC3)CC2)CC1. The first-order valence-electron chi connectivity index (χ1n) is 20.7. The van der Waals surface area contributed by atoms with Crippen molar-refractivity contribution < 1.29 is 37.9 Å². The van der Waals surface area contributed by atoms with E-state index in [4.69, 9.17) is 13.9 Å². The first-order chi connectivity index (χ1) is 28.0. The van der Waals surface area contributed by atoms with Gasteiger partial charge in [-0.2, -0.15) is 0 Å². The van der Waals surface area contributed by atoms with Crippen LogP contribution in [0.2, 0.25) is 0 Å². The maximum atomic E-state index is 14.3. The number of esters is 1. The zero-order valence-electron chi connectivity index (χ0n) is 33.8. The van der Waals surface area contributed by atoms with Crippen molar-refractivity contribution in [3.63, 3.8) is 0 Å². The van der Waals surface area contributed by atoms with E-state index in [9.17, 15) is 28.8 Å². The van der Waals surface area contributed by atoms with Gasteiger partial charge in [-0.3, -0.25) is 23.9 Å². The number of aromatic nitrogens is 1. The second kappa shape index (κ2) is 18.0. The topological polar surface area (TPSA) is 167 Å². The van der Waals surface area contributed by atoms with Gasteiger partial charge in [0.2, 0.25) is 5.91 Å². The van der Waals surface area contributed by atoms with Crippen molar-refractivity contribution in [1.29, 1.82) is 0 Å². The van der Waals surface area contributed by atoms with Gasteiger partial charge >= 0.3 is 23.8 Å². The summed E-state index contributed by atoms with van der Waals surface area (Å²) in [5.41, 5.74) is 4.52. The van der Waals surface area contributed by atoms with Crippen LogP contribution in [-0.4, -0.2) is 143 Å². The summed E-state index contributed by atoms with van der Waals surface area (Å²) < 4.78 is 18.0. The number of ether oxygens (including phenoxy) is 2. The number of aryl methyl sites for hydroxylation is 2. The number of likely N-dealkylation sites (tertiary alicyclic amines) is 2. The molecule has 5 amide bonds. The molecule has 0 spiro atoms. The number of piperazine rings is 1. The fourth-order valence-corrected chi connectivity index (χ4v) is 8.98. The van der Waals surface area contributed by atoms with Crippen molar-refractivity contribution in [2.45, 2.75) is 83.4 Å². The van der Waals surface area contributed by atoms with Crippen LogP contribution in [0.5, 0.6) is 0 Å². The summed E-state index contributed by atoms with van der Waals surface area (Å²) in [6.45, 7) is 8.87. The van der Waals surface area contributed by atoms with Crippen molar-refractivity contribution in [3.05, 3.63) is 63.6 Å². The molecule has 4 aliphatic heterocycles. The molecule has 0 bridgehead atoms. The molecule has 2 aromatic carbocycles. The van der Waals surface area contributed by atoms with Gasteiger partial charge in [-0.25, -0.2) is 14.4 Å². The van der Waals surface area contributed by atoms with E-state index < -0.39 is 18.0 Å². The van der Waals surface area contributed by atoms with Crippen molar-refractivity contribution in [3.8, 4) is 0 Å². The Morgan fingerprint density at radius 2 is 1.53 bits per heavy atom.